The Hall–Kier alpha value is -3.19. The average molecular weight is 355 g/mol. The fourth-order valence-corrected chi connectivity index (χ4v) is 2.55. The van der Waals surface area contributed by atoms with Crippen LogP contribution in [0.2, 0.25) is 0 Å². The van der Waals surface area contributed by atoms with Crippen LogP contribution < -0.4 is 11.3 Å². The smallest absolute Gasteiger partial charge is 0.267 e. The number of benzene rings is 2. The minimum atomic E-state index is -0.729. The Morgan fingerprint density at radius 1 is 1.04 bits per heavy atom. The van der Waals surface area contributed by atoms with Gasteiger partial charge in [0.2, 0.25) is 0 Å². The molecule has 0 saturated heterocycles. The summed E-state index contributed by atoms with van der Waals surface area (Å²) in [5.41, 5.74) is 6.60. The van der Waals surface area contributed by atoms with E-state index >= 15 is 0 Å². The molecule has 0 atom stereocenters. The van der Waals surface area contributed by atoms with Crippen molar-refractivity contribution in [3.63, 3.8) is 0 Å². The summed E-state index contributed by atoms with van der Waals surface area (Å²) >= 11 is 0. The lowest BCUT2D eigenvalue weighted by Crippen LogP contribution is -2.23. The second-order valence-electron chi connectivity index (χ2n) is 5.70. The number of aromatic nitrogens is 2. The molecular weight excluding hydrogens is 340 g/mol. The van der Waals surface area contributed by atoms with E-state index in [1.165, 1.54) is 16.8 Å². The van der Waals surface area contributed by atoms with Crippen LogP contribution in [-0.4, -0.2) is 22.1 Å². The van der Waals surface area contributed by atoms with E-state index in [1.807, 2.05) is 0 Å². The van der Waals surface area contributed by atoms with Crippen LogP contribution >= 0.6 is 0 Å². The molecule has 3 rings (SSSR count). The van der Waals surface area contributed by atoms with Crippen molar-refractivity contribution in [3.8, 4) is 11.3 Å². The Kier molecular flexibility index (Phi) is 4.99. The predicted molar refractivity (Wildman–Crippen MR) is 92.8 cm³/mol. The summed E-state index contributed by atoms with van der Waals surface area (Å²) in [6, 6.07) is 12.4. The molecule has 7 heteroatoms. The van der Waals surface area contributed by atoms with Gasteiger partial charge < -0.3 is 5.73 Å². The highest BCUT2D eigenvalue weighted by atomic mass is 19.1. The minimum Gasteiger partial charge on any atom is -0.324 e. The van der Waals surface area contributed by atoms with E-state index in [2.05, 4.69) is 5.10 Å². The molecule has 0 aliphatic rings. The number of rotatable bonds is 5. The maximum Gasteiger partial charge on any atom is 0.267 e. The third-order valence-corrected chi connectivity index (χ3v) is 3.79. The molecule has 0 unspecified atom stereocenters. The zero-order chi connectivity index (χ0) is 18.7. The predicted octanol–water partition coefficient (Wildman–Crippen LogP) is 2.38. The summed E-state index contributed by atoms with van der Waals surface area (Å²) in [4.78, 5) is 23.8. The molecule has 5 nitrogen and oxygen atoms in total. The van der Waals surface area contributed by atoms with E-state index in [1.54, 1.807) is 24.3 Å². The third kappa shape index (κ3) is 3.89. The molecule has 2 aromatic carbocycles. The molecule has 0 amide bonds. The van der Waals surface area contributed by atoms with Crippen molar-refractivity contribution in [2.24, 2.45) is 5.73 Å². The molecule has 0 spiro atoms. The normalized spacial score (nSPS) is 10.7. The van der Waals surface area contributed by atoms with Gasteiger partial charge in [0.05, 0.1) is 18.8 Å². The number of nitrogens with two attached hydrogens (primary N) is 1. The lowest BCUT2D eigenvalue weighted by atomic mass is 10.1. The fourth-order valence-electron chi connectivity index (χ4n) is 2.55. The Balaban J connectivity index is 1.96. The number of carbonyl (C=O) groups excluding carboxylic acids is 1. The van der Waals surface area contributed by atoms with Gasteiger partial charge in [-0.25, -0.2) is 13.5 Å². The van der Waals surface area contributed by atoms with Crippen LogP contribution in [0.1, 0.15) is 15.9 Å². The Labute approximate surface area is 147 Å². The topological polar surface area (TPSA) is 78.0 Å². The molecule has 0 radical (unpaired) electrons. The molecule has 0 bridgehead atoms. The number of carbonyl (C=O) groups is 1. The van der Waals surface area contributed by atoms with Gasteiger partial charge in [-0.2, -0.15) is 5.10 Å². The number of hydrogen-bond donors (Lipinski definition) is 1. The van der Waals surface area contributed by atoms with E-state index in [4.69, 9.17) is 5.73 Å². The molecule has 1 heterocycles. The molecule has 0 saturated carbocycles. The average Bonchev–Trinajstić information content (AvgIpc) is 2.62. The van der Waals surface area contributed by atoms with Gasteiger partial charge in [-0.05, 0) is 29.8 Å². The highest BCUT2D eigenvalue weighted by Gasteiger charge is 2.09. The zero-order valence-electron chi connectivity index (χ0n) is 13.7. The second kappa shape index (κ2) is 7.37. The Bertz CT molecular complexity index is 1010. The van der Waals surface area contributed by atoms with E-state index < -0.39 is 11.6 Å². The lowest BCUT2D eigenvalue weighted by molar-refractivity contribution is 0.100. The summed E-state index contributed by atoms with van der Waals surface area (Å²) in [6.07, 6.45) is 0. The van der Waals surface area contributed by atoms with Crippen molar-refractivity contribution in [2.45, 2.75) is 6.54 Å². The van der Waals surface area contributed by atoms with E-state index in [9.17, 15) is 18.4 Å². The van der Waals surface area contributed by atoms with Crippen molar-refractivity contribution < 1.29 is 13.6 Å². The van der Waals surface area contributed by atoms with Gasteiger partial charge >= 0.3 is 0 Å². The SMILES string of the molecule is NCC(=O)c1cccc(Cn2nc(-c3cc(F)cc(F)c3)ccc2=O)c1. The monoisotopic (exact) mass is 355 g/mol. The Morgan fingerprint density at radius 2 is 1.77 bits per heavy atom. The third-order valence-electron chi connectivity index (χ3n) is 3.79. The van der Waals surface area contributed by atoms with Crippen molar-refractivity contribution in [1.29, 1.82) is 0 Å². The van der Waals surface area contributed by atoms with Crippen molar-refractivity contribution in [1.82, 2.24) is 9.78 Å². The molecule has 26 heavy (non-hydrogen) atoms. The number of hydrogen-bond acceptors (Lipinski definition) is 4. The summed E-state index contributed by atoms with van der Waals surface area (Å²) in [5.74, 6) is -1.67. The van der Waals surface area contributed by atoms with Crippen molar-refractivity contribution in [2.75, 3.05) is 6.54 Å². The van der Waals surface area contributed by atoms with Gasteiger partial charge in [-0.1, -0.05) is 18.2 Å². The van der Waals surface area contributed by atoms with Crippen LogP contribution in [-0.2, 0) is 6.54 Å². The number of ketones is 1. The number of halogens is 2. The quantitative estimate of drug-likeness (QED) is 0.713. The molecule has 3 aromatic rings. The van der Waals surface area contributed by atoms with Gasteiger partial charge in [0.15, 0.2) is 5.78 Å². The first-order valence-corrected chi connectivity index (χ1v) is 7.83. The van der Waals surface area contributed by atoms with Gasteiger partial charge in [0.25, 0.3) is 5.56 Å². The Morgan fingerprint density at radius 3 is 2.46 bits per heavy atom. The van der Waals surface area contributed by atoms with Gasteiger partial charge in [-0.15, -0.1) is 0 Å². The van der Waals surface area contributed by atoms with Crippen molar-refractivity contribution in [3.05, 3.63) is 87.7 Å². The van der Waals surface area contributed by atoms with E-state index in [0.717, 1.165) is 18.2 Å². The minimum absolute atomic E-state index is 0.107. The molecule has 0 aliphatic heterocycles. The lowest BCUT2D eigenvalue weighted by Gasteiger charge is -2.09. The molecule has 1 aromatic heterocycles. The summed E-state index contributed by atoms with van der Waals surface area (Å²) in [7, 11) is 0. The summed E-state index contributed by atoms with van der Waals surface area (Å²) < 4.78 is 28.0. The maximum absolute atomic E-state index is 13.4. The first kappa shape index (κ1) is 17.6. The van der Waals surface area contributed by atoms with Crippen molar-refractivity contribution >= 4 is 5.78 Å². The van der Waals surface area contributed by atoms with Gasteiger partial charge in [-0.3, -0.25) is 9.59 Å². The molecule has 2 N–H and O–H groups in total. The van der Waals surface area contributed by atoms with Crippen LogP contribution in [0.25, 0.3) is 11.3 Å². The zero-order valence-corrected chi connectivity index (χ0v) is 13.7. The van der Waals surface area contributed by atoms with Crippen LogP contribution in [0.3, 0.4) is 0 Å². The molecule has 132 valence electrons. The summed E-state index contributed by atoms with van der Waals surface area (Å²) in [5, 5.41) is 4.18. The fraction of sp³-hybridized carbons (Fsp3) is 0.105. The highest BCUT2D eigenvalue weighted by Crippen LogP contribution is 2.18. The standard InChI is InChI=1S/C19H15F2N3O2/c20-15-7-14(8-16(21)9-15)17-4-5-19(26)24(23-17)11-12-2-1-3-13(6-12)18(25)10-22/h1-9H,10-11,22H2. The molecular formula is C19H15F2N3O2. The second-order valence-corrected chi connectivity index (χ2v) is 5.70. The van der Waals surface area contributed by atoms with Crippen LogP contribution in [0.15, 0.2) is 59.4 Å². The molecule has 0 aliphatic carbocycles. The molecule has 0 fully saturated rings. The summed E-state index contributed by atoms with van der Waals surface area (Å²) in [6.45, 7) is -0.00155. The highest BCUT2D eigenvalue weighted by molar-refractivity contribution is 5.97. The maximum atomic E-state index is 13.4. The number of nitrogens with zero attached hydrogens (tertiary/aromatic N) is 2. The number of Topliss-reactive ketones (excluding diaryl/α,β-unsaturated/α-hetero) is 1. The van der Waals surface area contributed by atoms with Gasteiger partial charge in [0, 0.05) is 23.3 Å². The van der Waals surface area contributed by atoms with E-state index in [-0.39, 0.29) is 35.7 Å². The first-order valence-electron chi connectivity index (χ1n) is 7.83. The largest absolute Gasteiger partial charge is 0.324 e. The van der Waals surface area contributed by atoms with Crippen LogP contribution in [0.5, 0.6) is 0 Å². The van der Waals surface area contributed by atoms with Gasteiger partial charge in [0.1, 0.15) is 11.6 Å². The first-order chi connectivity index (χ1) is 12.5. The van der Waals surface area contributed by atoms with Crippen LogP contribution in [0.4, 0.5) is 8.78 Å². The van der Waals surface area contributed by atoms with Crippen LogP contribution in [0, 0.1) is 11.6 Å². The van der Waals surface area contributed by atoms with E-state index in [0.29, 0.717) is 11.1 Å².